The molecule has 0 saturated carbocycles. The van der Waals surface area contributed by atoms with Gasteiger partial charge < -0.3 is 49.6 Å². The van der Waals surface area contributed by atoms with E-state index in [4.69, 9.17) is 18.7 Å². The Morgan fingerprint density at radius 1 is 1.07 bits per heavy atom. The summed E-state index contributed by atoms with van der Waals surface area (Å²) in [5.41, 5.74) is 2.60. The van der Waals surface area contributed by atoms with Gasteiger partial charge in [0, 0.05) is 42.5 Å². The van der Waals surface area contributed by atoms with E-state index in [2.05, 4.69) is 21.1 Å². The monoisotopic (exact) mass is 622 g/mol. The Balaban J connectivity index is 1.35. The van der Waals surface area contributed by atoms with Gasteiger partial charge in [-0.25, -0.2) is 9.59 Å². The lowest BCUT2D eigenvalue weighted by Gasteiger charge is -2.34. The zero-order valence-corrected chi connectivity index (χ0v) is 25.9. The van der Waals surface area contributed by atoms with Gasteiger partial charge in [-0.2, -0.15) is 0 Å². The minimum atomic E-state index is -0.517. The maximum Gasteiger partial charge on any atom is 0.323 e. The van der Waals surface area contributed by atoms with Crippen molar-refractivity contribution in [3.63, 3.8) is 0 Å². The Hall–Kier alpha value is -4.98. The third kappa shape index (κ3) is 7.23. The smallest absolute Gasteiger partial charge is 0.323 e. The summed E-state index contributed by atoms with van der Waals surface area (Å²) in [5.74, 6) is 1.69. The number of nitrogens with one attached hydrogen (secondary N) is 3. The van der Waals surface area contributed by atoms with Crippen LogP contribution in [-0.4, -0.2) is 83.7 Å². The number of anilines is 3. The first-order valence-corrected chi connectivity index (χ1v) is 14.6. The second kappa shape index (κ2) is 13.3. The average Bonchev–Trinajstić information content (AvgIpc) is 3.61. The molecule has 3 aromatic rings. The molecule has 2 aliphatic rings. The van der Waals surface area contributed by atoms with Crippen LogP contribution < -0.4 is 30.2 Å². The van der Waals surface area contributed by atoms with Gasteiger partial charge >= 0.3 is 12.1 Å². The molecule has 14 nitrogen and oxygen atoms in total. The fraction of sp³-hybridized carbons (Fsp3) is 0.419. The zero-order valence-electron chi connectivity index (χ0n) is 25.9. The molecule has 2 aliphatic heterocycles. The van der Waals surface area contributed by atoms with E-state index < -0.39 is 18.2 Å². The number of aliphatic hydroxyl groups excluding tert-OH is 1. The van der Waals surface area contributed by atoms with Crippen LogP contribution >= 0.6 is 0 Å². The van der Waals surface area contributed by atoms with E-state index in [1.165, 1.54) is 4.90 Å². The van der Waals surface area contributed by atoms with Crippen molar-refractivity contribution in [2.24, 2.45) is 5.92 Å². The third-order valence-electron chi connectivity index (χ3n) is 7.87. The Bertz CT molecular complexity index is 1560. The summed E-state index contributed by atoms with van der Waals surface area (Å²) in [5, 5.41) is 22.2. The Labute approximate surface area is 260 Å². The lowest BCUT2D eigenvalue weighted by atomic mass is 10.0. The van der Waals surface area contributed by atoms with Crippen molar-refractivity contribution in [1.82, 2.24) is 15.0 Å². The standard InChI is InChI=1S/C31H38N6O8/c1-17-13-37(18(2)15-38)28(39)11-21-10-22(32-30(40)33-23-7-9-25-26(12-23)43-16-42-25)6-8-24(21)44-27(17)14-36(5)31(41)34-29-19(3)35-45-20(29)4/h6-10,12,17-18,27,38H,11,13-16H2,1-5H3,(H,34,41)(H2,32,33,40)/t17-,18-,27-/m0/s1. The highest BCUT2D eigenvalue weighted by molar-refractivity contribution is 6.00. The third-order valence-corrected chi connectivity index (χ3v) is 7.87. The van der Waals surface area contributed by atoms with Crippen molar-refractivity contribution in [1.29, 1.82) is 0 Å². The van der Waals surface area contributed by atoms with E-state index in [9.17, 15) is 19.5 Å². The summed E-state index contributed by atoms with van der Waals surface area (Å²) in [4.78, 5) is 42.6. The summed E-state index contributed by atoms with van der Waals surface area (Å²) in [7, 11) is 1.65. The van der Waals surface area contributed by atoms with Crippen LogP contribution in [0.4, 0.5) is 26.7 Å². The van der Waals surface area contributed by atoms with Gasteiger partial charge in [-0.15, -0.1) is 0 Å². The summed E-state index contributed by atoms with van der Waals surface area (Å²) in [6.07, 6.45) is -0.530. The number of urea groups is 2. The molecule has 240 valence electrons. The molecule has 0 fully saturated rings. The van der Waals surface area contributed by atoms with Crippen molar-refractivity contribution in [2.45, 2.75) is 46.3 Å². The Morgan fingerprint density at radius 3 is 2.44 bits per heavy atom. The van der Waals surface area contributed by atoms with E-state index in [0.29, 0.717) is 57.9 Å². The molecule has 5 amide bonds. The van der Waals surface area contributed by atoms with Crippen molar-refractivity contribution in [2.75, 3.05) is 49.5 Å². The topological polar surface area (TPSA) is 168 Å². The highest BCUT2D eigenvalue weighted by atomic mass is 16.7. The van der Waals surface area contributed by atoms with Crippen molar-refractivity contribution < 1.29 is 38.2 Å². The Kier molecular flexibility index (Phi) is 9.32. The van der Waals surface area contributed by atoms with Crippen LogP contribution in [0.25, 0.3) is 0 Å². The van der Waals surface area contributed by atoms with E-state index in [-0.39, 0.29) is 44.2 Å². The van der Waals surface area contributed by atoms with E-state index in [0.717, 1.165) is 0 Å². The molecule has 0 radical (unpaired) electrons. The normalized spacial score (nSPS) is 18.1. The first kappa shape index (κ1) is 31.4. The molecule has 14 heteroatoms. The number of aromatic nitrogens is 1. The number of aliphatic hydroxyl groups is 1. The molecule has 0 saturated heterocycles. The molecule has 4 N–H and O–H groups in total. The van der Waals surface area contributed by atoms with Gasteiger partial charge in [0.1, 0.15) is 23.2 Å². The number of likely N-dealkylation sites (N-methyl/N-ethyl adjacent to an activating group) is 1. The van der Waals surface area contributed by atoms with Crippen molar-refractivity contribution >= 4 is 35.0 Å². The van der Waals surface area contributed by atoms with Crippen molar-refractivity contribution in [3.05, 3.63) is 53.4 Å². The van der Waals surface area contributed by atoms with Gasteiger partial charge in [0.15, 0.2) is 17.3 Å². The number of fused-ring (bicyclic) bond motifs is 2. The summed E-state index contributed by atoms with van der Waals surface area (Å²) in [6.45, 7) is 7.60. The lowest BCUT2D eigenvalue weighted by Crippen LogP contribution is -2.48. The molecule has 0 aliphatic carbocycles. The number of hydrogen-bond acceptors (Lipinski definition) is 9. The van der Waals surface area contributed by atoms with Crippen LogP contribution in [0.2, 0.25) is 0 Å². The molecular formula is C31H38N6O8. The number of hydrogen-bond donors (Lipinski definition) is 4. The van der Waals surface area contributed by atoms with Crippen LogP contribution in [-0.2, 0) is 11.2 Å². The molecule has 5 rings (SSSR count). The maximum atomic E-state index is 13.5. The van der Waals surface area contributed by atoms with Gasteiger partial charge in [0.2, 0.25) is 12.7 Å². The summed E-state index contributed by atoms with van der Waals surface area (Å²) in [6, 6.07) is 8.87. The number of benzene rings is 2. The van der Waals surface area contributed by atoms with Crippen LogP contribution in [0, 0.1) is 19.8 Å². The van der Waals surface area contributed by atoms with E-state index >= 15 is 0 Å². The first-order valence-electron chi connectivity index (χ1n) is 14.6. The Morgan fingerprint density at radius 2 is 1.76 bits per heavy atom. The zero-order chi connectivity index (χ0) is 32.2. The first-order chi connectivity index (χ1) is 21.5. The fourth-order valence-electron chi connectivity index (χ4n) is 5.21. The quantitative estimate of drug-likeness (QED) is 0.305. The maximum absolute atomic E-state index is 13.5. The number of carbonyl (C=O) groups is 3. The van der Waals surface area contributed by atoms with Crippen molar-refractivity contribution in [3.8, 4) is 17.2 Å². The highest BCUT2D eigenvalue weighted by Gasteiger charge is 2.32. The second-order valence-corrected chi connectivity index (χ2v) is 11.4. The lowest BCUT2D eigenvalue weighted by molar-refractivity contribution is -0.134. The van der Waals surface area contributed by atoms with Gasteiger partial charge in [-0.1, -0.05) is 12.1 Å². The number of aryl methyl sites for hydroxylation is 2. The predicted octanol–water partition coefficient (Wildman–Crippen LogP) is 3.98. The van der Waals surface area contributed by atoms with E-state index in [1.54, 1.807) is 69.1 Å². The van der Waals surface area contributed by atoms with Gasteiger partial charge in [-0.05, 0) is 51.1 Å². The number of carbonyl (C=O) groups excluding carboxylic acids is 3. The molecule has 0 bridgehead atoms. The summed E-state index contributed by atoms with van der Waals surface area (Å²) >= 11 is 0. The van der Waals surface area contributed by atoms with Gasteiger partial charge in [-0.3, -0.25) is 4.79 Å². The van der Waals surface area contributed by atoms with Crippen LogP contribution in [0.1, 0.15) is 30.9 Å². The SMILES string of the molecule is Cc1noc(C)c1NC(=O)N(C)C[C@@H]1Oc2ccc(NC(=O)Nc3ccc4c(c3)OCO4)cc2CC(=O)N([C@@H](C)CO)C[C@@H]1C. The highest BCUT2D eigenvalue weighted by Crippen LogP contribution is 2.34. The predicted molar refractivity (Wildman–Crippen MR) is 165 cm³/mol. The van der Waals surface area contributed by atoms with Crippen LogP contribution in [0.5, 0.6) is 17.2 Å². The molecule has 3 heterocycles. The fourth-order valence-corrected chi connectivity index (χ4v) is 5.21. The second-order valence-electron chi connectivity index (χ2n) is 11.4. The van der Waals surface area contributed by atoms with Crippen LogP contribution in [0.3, 0.4) is 0 Å². The molecular weight excluding hydrogens is 584 g/mol. The van der Waals surface area contributed by atoms with Crippen LogP contribution in [0.15, 0.2) is 40.9 Å². The minimum Gasteiger partial charge on any atom is -0.488 e. The number of amides is 5. The molecule has 0 unspecified atom stereocenters. The summed E-state index contributed by atoms with van der Waals surface area (Å²) < 4.78 is 22.3. The molecule has 2 aromatic carbocycles. The molecule has 45 heavy (non-hydrogen) atoms. The minimum absolute atomic E-state index is 0.0131. The van der Waals surface area contributed by atoms with Gasteiger partial charge in [0.25, 0.3) is 0 Å². The average molecular weight is 623 g/mol. The number of nitrogens with zero attached hydrogens (tertiary/aromatic N) is 3. The van der Waals surface area contributed by atoms with E-state index in [1.807, 2.05) is 6.92 Å². The van der Waals surface area contributed by atoms with Gasteiger partial charge in [0.05, 0.1) is 25.6 Å². The number of ether oxygens (including phenoxy) is 3. The molecule has 3 atom stereocenters. The molecule has 1 aromatic heterocycles. The molecule has 0 spiro atoms. The largest absolute Gasteiger partial charge is 0.488 e. The number of rotatable bonds is 7.